The Hall–Kier alpha value is -3.80. The summed E-state index contributed by atoms with van der Waals surface area (Å²) in [6, 6.07) is 7.20. The monoisotopic (exact) mass is 383 g/mol. The van der Waals surface area contributed by atoms with Gasteiger partial charge >= 0.3 is 11.9 Å². The third-order valence-electron chi connectivity index (χ3n) is 3.77. The molecule has 0 saturated heterocycles. The van der Waals surface area contributed by atoms with Crippen LogP contribution in [0.1, 0.15) is 46.0 Å². The average Bonchev–Trinajstić information content (AvgIpc) is 2.65. The van der Waals surface area contributed by atoms with Crippen molar-refractivity contribution in [3.05, 3.63) is 56.9 Å². The number of aryl methyl sites for hydroxylation is 1. The van der Waals surface area contributed by atoms with Crippen LogP contribution in [0.2, 0.25) is 0 Å². The van der Waals surface area contributed by atoms with Crippen molar-refractivity contribution in [2.45, 2.75) is 26.9 Å². The summed E-state index contributed by atoms with van der Waals surface area (Å²) in [5, 5.41) is 20.7. The summed E-state index contributed by atoms with van der Waals surface area (Å²) >= 11 is 0. The number of nitriles is 1. The first-order chi connectivity index (χ1) is 13.2. The molecule has 0 unspecified atom stereocenters. The smallest absolute Gasteiger partial charge is 0.342 e. The molecule has 0 atom stereocenters. The molecule has 0 bridgehead atoms. The standard InChI is InChI=1S/C19H17N3O6/c1-10(2)28-19(24)17-14(9-20)21-11(3)15(18(23)27-4)16(17)12-6-5-7-13(8-12)22(25)26/h5-8,10H,1-4H3. The van der Waals surface area contributed by atoms with Gasteiger partial charge in [0.2, 0.25) is 0 Å². The third kappa shape index (κ3) is 3.96. The number of esters is 2. The van der Waals surface area contributed by atoms with Crippen LogP contribution in [-0.4, -0.2) is 35.1 Å². The summed E-state index contributed by atoms with van der Waals surface area (Å²) in [6.45, 7) is 4.73. The highest BCUT2D eigenvalue weighted by Gasteiger charge is 2.30. The lowest BCUT2D eigenvalue weighted by atomic mass is 9.92. The highest BCUT2D eigenvalue weighted by molar-refractivity contribution is 6.07. The Balaban J connectivity index is 2.97. The molecule has 0 amide bonds. The van der Waals surface area contributed by atoms with Crippen molar-refractivity contribution in [2.75, 3.05) is 7.11 Å². The van der Waals surface area contributed by atoms with Gasteiger partial charge in [-0.15, -0.1) is 0 Å². The van der Waals surface area contributed by atoms with Crippen LogP contribution in [0, 0.1) is 28.4 Å². The van der Waals surface area contributed by atoms with Crippen LogP contribution in [0.5, 0.6) is 0 Å². The Labute approximate surface area is 160 Å². The van der Waals surface area contributed by atoms with Crippen LogP contribution >= 0.6 is 0 Å². The SMILES string of the molecule is COC(=O)c1c(C)nc(C#N)c(C(=O)OC(C)C)c1-c1cccc([N+](=O)[O-])c1. The highest BCUT2D eigenvalue weighted by Crippen LogP contribution is 2.34. The second-order valence-corrected chi connectivity index (χ2v) is 6.04. The maximum atomic E-state index is 12.7. The average molecular weight is 383 g/mol. The third-order valence-corrected chi connectivity index (χ3v) is 3.77. The molecule has 0 aliphatic heterocycles. The van der Waals surface area contributed by atoms with Crippen LogP contribution in [-0.2, 0) is 9.47 Å². The number of hydrogen-bond donors (Lipinski definition) is 0. The molecule has 28 heavy (non-hydrogen) atoms. The first-order valence-electron chi connectivity index (χ1n) is 8.20. The van der Waals surface area contributed by atoms with E-state index in [0.717, 1.165) is 7.11 Å². The number of methoxy groups -OCH3 is 1. The van der Waals surface area contributed by atoms with Crippen molar-refractivity contribution >= 4 is 17.6 Å². The summed E-state index contributed by atoms with van der Waals surface area (Å²) in [7, 11) is 1.16. The van der Waals surface area contributed by atoms with Crippen LogP contribution in [0.25, 0.3) is 11.1 Å². The zero-order chi connectivity index (χ0) is 21.0. The predicted molar refractivity (Wildman–Crippen MR) is 97.7 cm³/mol. The van der Waals surface area contributed by atoms with E-state index in [2.05, 4.69) is 4.98 Å². The molecule has 0 aliphatic rings. The Morgan fingerprint density at radius 1 is 1.25 bits per heavy atom. The minimum atomic E-state index is -0.870. The van der Waals surface area contributed by atoms with Crippen molar-refractivity contribution in [3.8, 4) is 17.2 Å². The summed E-state index contributed by atoms with van der Waals surface area (Å²) in [6.07, 6.45) is -0.500. The normalized spacial score (nSPS) is 10.3. The van der Waals surface area contributed by atoms with E-state index in [1.54, 1.807) is 13.8 Å². The largest absolute Gasteiger partial charge is 0.465 e. The molecule has 1 heterocycles. The van der Waals surface area contributed by atoms with Crippen molar-refractivity contribution < 1.29 is 24.0 Å². The van der Waals surface area contributed by atoms with E-state index in [0.29, 0.717) is 0 Å². The number of ether oxygens (including phenoxy) is 2. The number of benzene rings is 1. The second kappa shape index (κ2) is 8.26. The van der Waals surface area contributed by atoms with Gasteiger partial charge in [-0.1, -0.05) is 12.1 Å². The van der Waals surface area contributed by atoms with E-state index in [-0.39, 0.29) is 39.3 Å². The van der Waals surface area contributed by atoms with Crippen LogP contribution < -0.4 is 0 Å². The molecular weight excluding hydrogens is 366 g/mol. The van der Waals surface area contributed by atoms with E-state index >= 15 is 0 Å². The van der Waals surface area contributed by atoms with Gasteiger partial charge in [0.25, 0.3) is 5.69 Å². The van der Waals surface area contributed by atoms with E-state index in [1.165, 1.54) is 31.2 Å². The van der Waals surface area contributed by atoms with Gasteiger partial charge in [-0.05, 0) is 26.3 Å². The molecule has 0 radical (unpaired) electrons. The number of aromatic nitrogens is 1. The topological polar surface area (TPSA) is 132 Å². The van der Waals surface area contributed by atoms with Crippen LogP contribution in [0.3, 0.4) is 0 Å². The number of carbonyl (C=O) groups is 2. The fraction of sp³-hybridized carbons (Fsp3) is 0.263. The summed E-state index contributed by atoms with van der Waals surface area (Å²) in [5.41, 5.74) is -0.481. The highest BCUT2D eigenvalue weighted by atomic mass is 16.6. The molecule has 0 fully saturated rings. The first kappa shape index (κ1) is 20.5. The number of pyridine rings is 1. The van der Waals surface area contributed by atoms with Gasteiger partial charge in [-0.2, -0.15) is 5.26 Å². The fourth-order valence-corrected chi connectivity index (χ4v) is 2.67. The predicted octanol–water partition coefficient (Wildman–Crippen LogP) is 3.19. The number of hydrogen-bond acceptors (Lipinski definition) is 8. The van der Waals surface area contributed by atoms with Gasteiger partial charge in [0.15, 0.2) is 5.69 Å². The molecule has 1 aromatic carbocycles. The van der Waals surface area contributed by atoms with Crippen LogP contribution in [0.15, 0.2) is 24.3 Å². The molecule has 2 rings (SSSR count). The zero-order valence-corrected chi connectivity index (χ0v) is 15.7. The maximum Gasteiger partial charge on any atom is 0.342 e. The molecule has 9 heteroatoms. The Kier molecular flexibility index (Phi) is 6.05. The zero-order valence-electron chi connectivity index (χ0n) is 15.7. The Morgan fingerprint density at radius 3 is 2.46 bits per heavy atom. The summed E-state index contributed by atoms with van der Waals surface area (Å²) in [4.78, 5) is 39.7. The molecular formula is C19H17N3O6. The number of rotatable bonds is 5. The number of nitro benzene ring substituents is 1. The van der Waals surface area contributed by atoms with Crippen molar-refractivity contribution in [3.63, 3.8) is 0 Å². The molecule has 0 saturated carbocycles. The number of non-ortho nitro benzene ring substituents is 1. The lowest BCUT2D eigenvalue weighted by Crippen LogP contribution is -2.19. The number of nitro groups is 1. The van der Waals surface area contributed by atoms with E-state index in [4.69, 9.17) is 9.47 Å². The van der Waals surface area contributed by atoms with Gasteiger partial charge < -0.3 is 9.47 Å². The molecule has 144 valence electrons. The van der Waals surface area contributed by atoms with Gasteiger partial charge in [0.1, 0.15) is 11.6 Å². The van der Waals surface area contributed by atoms with Crippen LogP contribution in [0.4, 0.5) is 5.69 Å². The van der Waals surface area contributed by atoms with Crippen molar-refractivity contribution in [2.24, 2.45) is 0 Å². The van der Waals surface area contributed by atoms with Gasteiger partial charge in [0.05, 0.1) is 29.4 Å². The number of carbonyl (C=O) groups excluding carboxylic acids is 2. The summed E-state index contributed by atoms with van der Waals surface area (Å²) < 4.78 is 10.0. The molecule has 0 N–H and O–H groups in total. The minimum Gasteiger partial charge on any atom is -0.465 e. The van der Waals surface area contributed by atoms with E-state index < -0.39 is 23.0 Å². The number of nitrogens with zero attached hydrogens (tertiary/aromatic N) is 3. The van der Waals surface area contributed by atoms with Crippen molar-refractivity contribution in [1.82, 2.24) is 4.98 Å². The quantitative estimate of drug-likeness (QED) is 0.437. The molecule has 0 spiro atoms. The second-order valence-electron chi connectivity index (χ2n) is 6.04. The lowest BCUT2D eigenvalue weighted by Gasteiger charge is -2.17. The Morgan fingerprint density at radius 2 is 1.93 bits per heavy atom. The Bertz CT molecular complexity index is 1010. The van der Waals surface area contributed by atoms with Crippen molar-refractivity contribution in [1.29, 1.82) is 5.26 Å². The minimum absolute atomic E-state index is 0.00486. The van der Waals surface area contributed by atoms with E-state index in [9.17, 15) is 25.0 Å². The van der Waals surface area contributed by atoms with Gasteiger partial charge in [-0.3, -0.25) is 10.1 Å². The fourth-order valence-electron chi connectivity index (χ4n) is 2.67. The van der Waals surface area contributed by atoms with Gasteiger partial charge in [0, 0.05) is 17.7 Å². The molecule has 9 nitrogen and oxygen atoms in total. The lowest BCUT2D eigenvalue weighted by molar-refractivity contribution is -0.384. The molecule has 0 aliphatic carbocycles. The maximum absolute atomic E-state index is 12.7. The molecule has 2 aromatic rings. The van der Waals surface area contributed by atoms with E-state index in [1.807, 2.05) is 6.07 Å². The molecule has 1 aromatic heterocycles. The summed E-state index contributed by atoms with van der Waals surface area (Å²) in [5.74, 6) is -1.67. The van der Waals surface area contributed by atoms with Gasteiger partial charge in [-0.25, -0.2) is 14.6 Å². The first-order valence-corrected chi connectivity index (χ1v) is 8.20.